The van der Waals surface area contributed by atoms with Gasteiger partial charge in [-0.15, -0.1) is 0 Å². The zero-order valence-corrected chi connectivity index (χ0v) is 64.7. The molecular weight excluding hydrogens is 1510 g/mol. The minimum atomic E-state index is -1.92. The number of benzene rings is 1. The summed E-state index contributed by atoms with van der Waals surface area (Å²) in [6, 6.07) is -13.4. The van der Waals surface area contributed by atoms with Gasteiger partial charge in [-0.05, 0) is 154 Å². The second kappa shape index (κ2) is 51.0. The number of unbranched alkanes of at least 4 members (excludes halogenated alkanes) is 2. The van der Waals surface area contributed by atoms with Crippen LogP contribution in [-0.2, 0) is 83.1 Å². The van der Waals surface area contributed by atoms with Crippen molar-refractivity contribution in [2.75, 3.05) is 59.0 Å². The standard InChI is InChI=1S/C69H116N26O20/c1-36(72)64(112)94-30-10-17-49(94)62(110)90-43(15-8-28-81-68(76)77)57(105)92-46(33-51(73)98)60(108)84-37(2)54(102)83-34-52(99)85-48(35-96)61(109)88-44(23-24-53(100)101)59(107)91-45(16-9-29-82-69(78)79)65(113)95-31-11-18-50(95)63(111)89-42(14-7-27-80-67(74)75)56(104)86-40(12-3-5-25-70)55(103)87-41(13-4-6-26-71)58(106)93-47(66(114)115)32-38-19-21-39(97)22-20-38/h19-22,36-37,40-50,96-97H,3-18,23-35,70-72H2,1-2H3,(H2,73,98)(H,83,102)(H,84,108)(H,85,99)(H,86,104)(H,87,103)(H,88,109)(H,89,111)(H,90,110)(H,91,107)(H,92,105)(H,93,106)(H,100,101)(H,114,115)(H4,74,75,80)(H4,76,77,81)(H4,78,79,82)/t36-,37-,40-,41-,42-,43-,44-,45-,46-,47-,48-,49-,50-/m0/s1. The number of carbonyl (C=O) groups is 16. The van der Waals surface area contributed by atoms with E-state index in [0.29, 0.717) is 31.2 Å². The first-order chi connectivity index (χ1) is 54.4. The highest BCUT2D eigenvalue weighted by atomic mass is 16.4. The number of nitrogens with two attached hydrogens (primary N) is 10. The summed E-state index contributed by atoms with van der Waals surface area (Å²) in [6.45, 7) is 0.831. The lowest BCUT2D eigenvalue weighted by Crippen LogP contribution is -2.60. The van der Waals surface area contributed by atoms with E-state index in [4.69, 9.17) is 57.3 Å². The van der Waals surface area contributed by atoms with E-state index < -0.39 is 206 Å². The smallest absolute Gasteiger partial charge is 0.326 e. The van der Waals surface area contributed by atoms with Gasteiger partial charge in [0.05, 0.1) is 25.6 Å². The molecule has 46 nitrogen and oxygen atoms in total. The molecule has 0 radical (unpaired) electrons. The van der Waals surface area contributed by atoms with Gasteiger partial charge >= 0.3 is 11.9 Å². The van der Waals surface area contributed by atoms with E-state index in [-0.39, 0.29) is 153 Å². The highest BCUT2D eigenvalue weighted by molar-refractivity contribution is 6.01. The number of phenolic OH excluding ortho intramolecular Hbond substituents is 1. The molecule has 13 atom stereocenters. The van der Waals surface area contributed by atoms with Gasteiger partial charge in [0.25, 0.3) is 0 Å². The Kier molecular flexibility index (Phi) is 43.2. The molecule has 0 aliphatic carbocycles. The van der Waals surface area contributed by atoms with E-state index in [1.165, 1.54) is 36.1 Å². The number of aliphatic imine (C=N–C) groups is 3. The van der Waals surface area contributed by atoms with Crippen molar-refractivity contribution in [1.82, 2.24) is 68.3 Å². The lowest BCUT2D eigenvalue weighted by atomic mass is 10.0. The number of hydrogen-bond acceptors (Lipinski definition) is 24. The molecule has 2 saturated heterocycles. The summed E-state index contributed by atoms with van der Waals surface area (Å²) in [7, 11) is 0. The Morgan fingerprint density at radius 2 is 0.843 bits per heavy atom. The van der Waals surface area contributed by atoms with Crippen LogP contribution < -0.4 is 116 Å². The number of aliphatic hydroxyl groups excluding tert-OH is 1. The van der Waals surface area contributed by atoms with Gasteiger partial charge in [0.2, 0.25) is 82.7 Å². The number of phenols is 1. The summed E-state index contributed by atoms with van der Waals surface area (Å²) in [5, 5.41) is 66.7. The largest absolute Gasteiger partial charge is 0.508 e. The predicted octanol–water partition coefficient (Wildman–Crippen LogP) is -10.5. The third-order valence-electron chi connectivity index (χ3n) is 18.3. The molecule has 2 fully saturated rings. The minimum Gasteiger partial charge on any atom is -0.508 e. The van der Waals surface area contributed by atoms with Crippen molar-refractivity contribution in [3.05, 3.63) is 29.8 Å². The molecule has 35 N–H and O–H groups in total. The summed E-state index contributed by atoms with van der Waals surface area (Å²) >= 11 is 0. The van der Waals surface area contributed by atoms with Crippen LogP contribution in [0.4, 0.5) is 0 Å². The topological polar surface area (TPSA) is 790 Å². The Bertz CT molecular complexity index is 3580. The molecule has 46 heteroatoms. The van der Waals surface area contributed by atoms with Crippen molar-refractivity contribution in [2.24, 2.45) is 72.3 Å². The Morgan fingerprint density at radius 1 is 0.461 bits per heavy atom. The average Bonchev–Trinajstić information content (AvgIpc) is 1.68. The normalized spacial score (nSPS) is 16.5. The molecule has 2 aliphatic heterocycles. The molecule has 3 rings (SSSR count). The third-order valence-corrected chi connectivity index (χ3v) is 18.3. The Balaban J connectivity index is 1.84. The number of rotatable bonds is 53. The number of aliphatic hydroxyl groups is 1. The van der Waals surface area contributed by atoms with Gasteiger partial charge in [-0.2, -0.15) is 0 Å². The number of aromatic hydroxyl groups is 1. The van der Waals surface area contributed by atoms with E-state index in [1.807, 2.05) is 0 Å². The van der Waals surface area contributed by atoms with Gasteiger partial charge in [-0.25, -0.2) is 4.79 Å². The summed E-state index contributed by atoms with van der Waals surface area (Å²) in [6.07, 6.45) is -0.701. The van der Waals surface area contributed by atoms with E-state index >= 15 is 0 Å². The zero-order valence-electron chi connectivity index (χ0n) is 64.7. The lowest BCUT2D eigenvalue weighted by molar-refractivity contribution is -0.143. The maximum absolute atomic E-state index is 14.9. The Labute approximate surface area is 663 Å². The summed E-state index contributed by atoms with van der Waals surface area (Å²) in [4.78, 5) is 232. The number of nitrogens with one attached hydrogen (secondary N) is 11. The number of amides is 14. The van der Waals surface area contributed by atoms with E-state index in [9.17, 15) is 97.1 Å². The van der Waals surface area contributed by atoms with Crippen molar-refractivity contribution in [2.45, 2.75) is 221 Å². The summed E-state index contributed by atoms with van der Waals surface area (Å²) in [5.74, 6) is -17.3. The predicted molar refractivity (Wildman–Crippen MR) is 414 cm³/mol. The van der Waals surface area contributed by atoms with Gasteiger partial charge < -0.3 is 146 Å². The number of nitrogens with zero attached hydrogens (tertiary/aromatic N) is 5. The number of guanidine groups is 3. The fraction of sp³-hybridized carbons (Fsp3) is 0.638. The second-order valence-electron chi connectivity index (χ2n) is 27.6. The molecule has 0 aromatic heterocycles. The van der Waals surface area contributed by atoms with Crippen LogP contribution in [0.1, 0.15) is 141 Å². The van der Waals surface area contributed by atoms with Crippen LogP contribution in [0.25, 0.3) is 0 Å². The molecule has 0 unspecified atom stereocenters. The maximum atomic E-state index is 14.9. The SMILES string of the molecule is C[C@H](N)C(=O)N1CCC[C@H]1C(=O)N[C@@H](CCCN=C(N)N)C(=O)N[C@@H](CC(N)=O)C(=O)N[C@@H](C)C(=O)NCC(=O)N[C@@H](CO)C(=O)N[C@@H](CCC(=O)O)C(=O)N[C@@H](CCCN=C(N)N)C(=O)N1CCC[C@H]1C(=O)N[C@@H](CCCN=C(N)N)C(=O)N[C@@H](CCCCN)C(=O)N[C@@H](CCCCN)C(=O)N[C@@H](Cc1ccc(O)cc1)C(=O)O. The first kappa shape index (κ1) is 97.4. The van der Waals surface area contributed by atoms with E-state index in [0.717, 1.165) is 11.8 Å². The van der Waals surface area contributed by atoms with Gasteiger partial charge in [-0.1, -0.05) is 12.1 Å². The Morgan fingerprint density at radius 3 is 1.25 bits per heavy atom. The highest BCUT2D eigenvalue weighted by Crippen LogP contribution is 2.23. The van der Waals surface area contributed by atoms with Crippen LogP contribution >= 0.6 is 0 Å². The molecule has 1 aromatic rings. The van der Waals surface area contributed by atoms with Crippen LogP contribution in [-0.4, -0.2) is 280 Å². The first-order valence-electron chi connectivity index (χ1n) is 37.8. The van der Waals surface area contributed by atoms with Crippen LogP contribution in [0.15, 0.2) is 39.2 Å². The molecule has 0 bridgehead atoms. The maximum Gasteiger partial charge on any atom is 0.326 e. The fourth-order valence-electron chi connectivity index (χ4n) is 12.2. The zero-order chi connectivity index (χ0) is 86.0. The third kappa shape index (κ3) is 35.8. The molecule has 2 heterocycles. The number of aliphatic carboxylic acids is 2. The summed E-state index contributed by atoms with van der Waals surface area (Å²) < 4.78 is 0. The summed E-state index contributed by atoms with van der Waals surface area (Å²) in [5.41, 5.74) is 56.3. The van der Waals surface area contributed by atoms with Crippen LogP contribution in [0.2, 0.25) is 0 Å². The van der Waals surface area contributed by atoms with Crippen molar-refractivity contribution in [3.63, 3.8) is 0 Å². The highest BCUT2D eigenvalue weighted by Gasteiger charge is 2.42. The molecule has 2 aliphatic rings. The first-order valence-corrected chi connectivity index (χ1v) is 37.8. The van der Waals surface area contributed by atoms with Crippen LogP contribution in [0.5, 0.6) is 5.75 Å². The number of carboxylic acid groups (broad SMARTS) is 2. The fourth-order valence-corrected chi connectivity index (χ4v) is 12.2. The van der Waals surface area contributed by atoms with Gasteiger partial charge in [0.1, 0.15) is 78.3 Å². The van der Waals surface area contributed by atoms with Gasteiger partial charge in [0, 0.05) is 45.6 Å². The number of primary amides is 1. The van der Waals surface area contributed by atoms with Crippen molar-refractivity contribution in [1.29, 1.82) is 0 Å². The second-order valence-corrected chi connectivity index (χ2v) is 27.6. The van der Waals surface area contributed by atoms with Crippen molar-refractivity contribution < 1.29 is 97.1 Å². The molecule has 115 heavy (non-hydrogen) atoms. The minimum absolute atomic E-state index is 0.00144. The Hall–Kier alpha value is -11.8. The average molecular weight is 1630 g/mol. The molecule has 1 aromatic carbocycles. The molecule has 0 saturated carbocycles. The van der Waals surface area contributed by atoms with Crippen LogP contribution in [0, 0.1) is 0 Å². The van der Waals surface area contributed by atoms with Crippen molar-refractivity contribution in [3.8, 4) is 5.75 Å². The quantitative estimate of drug-likeness (QED) is 0.0164. The van der Waals surface area contributed by atoms with Gasteiger partial charge in [-0.3, -0.25) is 86.9 Å². The number of carbonyl (C=O) groups excluding carboxylic acids is 14. The molecule has 14 amide bonds. The van der Waals surface area contributed by atoms with E-state index in [2.05, 4.69) is 73.5 Å². The molecular formula is C69H116N26O20. The van der Waals surface area contributed by atoms with Crippen LogP contribution in [0.3, 0.4) is 0 Å². The molecule has 642 valence electrons. The van der Waals surface area contributed by atoms with Crippen molar-refractivity contribution >= 4 is 113 Å². The number of likely N-dealkylation sites (tertiary alicyclic amines) is 2. The number of carboxylic acids is 2. The lowest BCUT2D eigenvalue weighted by Gasteiger charge is -2.31. The van der Waals surface area contributed by atoms with Gasteiger partial charge in [0.15, 0.2) is 17.9 Å². The monoisotopic (exact) mass is 1630 g/mol. The molecule has 0 spiro atoms. The number of hydrogen-bond donors (Lipinski definition) is 25. The van der Waals surface area contributed by atoms with E-state index in [1.54, 1.807) is 0 Å².